The molecule has 0 aliphatic carbocycles. The molecule has 0 atom stereocenters. The third kappa shape index (κ3) is 5.77. The number of alkyl carbamates (subject to hydrolysis) is 1. The van der Waals surface area contributed by atoms with Crippen LogP contribution in [0.1, 0.15) is 43.2 Å². The Morgan fingerprint density at radius 3 is 1.89 bits per heavy atom. The second-order valence-electron chi connectivity index (χ2n) is 9.62. The number of imidazole rings is 1. The summed E-state index contributed by atoms with van der Waals surface area (Å²) in [5, 5.41) is 6.67. The summed E-state index contributed by atoms with van der Waals surface area (Å²) in [6.07, 6.45) is 4.90. The Bertz CT molecular complexity index is 1340. The number of amides is 1. The number of nitrogens with zero attached hydrogens (tertiary/aromatic N) is 5. The fourth-order valence-corrected chi connectivity index (χ4v) is 4.42. The van der Waals surface area contributed by atoms with Crippen LogP contribution in [0.2, 0.25) is 0 Å². The molecule has 0 radical (unpaired) electrons. The maximum atomic E-state index is 12.0. The molecule has 1 aromatic heterocycles. The molecule has 192 valence electrons. The summed E-state index contributed by atoms with van der Waals surface area (Å²) < 4.78 is 7.19. The standard InChI is InChI=1S/C30H30N6O2/c1-29(2,3)38-28(37)32-21-13-20-26-22-36(27(33-26)34-35-31)30(23-14-7-4-8-15-23,24-16-9-5-10-17-24)25-18-11-6-12-19-25/h4-20,22H,21H2,1-3H3,(H,32,37)/b20-13+. The zero-order valence-corrected chi connectivity index (χ0v) is 21.7. The molecule has 38 heavy (non-hydrogen) atoms. The van der Waals surface area contributed by atoms with Crippen LogP contribution in [0.15, 0.2) is 108 Å². The van der Waals surface area contributed by atoms with E-state index in [9.17, 15) is 10.3 Å². The zero-order valence-electron chi connectivity index (χ0n) is 21.7. The summed E-state index contributed by atoms with van der Waals surface area (Å²) >= 11 is 0. The molecule has 8 heteroatoms. The lowest BCUT2D eigenvalue weighted by Crippen LogP contribution is -2.37. The number of carbonyl (C=O) groups is 1. The zero-order chi connectivity index (χ0) is 27.0. The highest BCUT2D eigenvalue weighted by Gasteiger charge is 2.39. The average molecular weight is 507 g/mol. The van der Waals surface area contributed by atoms with Crippen LogP contribution >= 0.6 is 0 Å². The largest absolute Gasteiger partial charge is 0.444 e. The monoisotopic (exact) mass is 506 g/mol. The summed E-state index contributed by atoms with van der Waals surface area (Å²) in [7, 11) is 0. The average Bonchev–Trinajstić information content (AvgIpc) is 3.31. The minimum absolute atomic E-state index is 0.212. The number of nitrogens with one attached hydrogen (secondary N) is 1. The smallest absolute Gasteiger partial charge is 0.407 e. The first-order chi connectivity index (χ1) is 18.3. The second kappa shape index (κ2) is 11.5. The summed E-state index contributed by atoms with van der Waals surface area (Å²) in [4.78, 5) is 19.7. The van der Waals surface area contributed by atoms with Crippen LogP contribution < -0.4 is 5.32 Å². The molecule has 0 aliphatic rings. The molecule has 1 amide bonds. The highest BCUT2D eigenvalue weighted by atomic mass is 16.6. The van der Waals surface area contributed by atoms with Crippen LogP contribution in [0.4, 0.5) is 10.7 Å². The van der Waals surface area contributed by atoms with Crippen molar-refractivity contribution in [2.45, 2.75) is 31.9 Å². The van der Waals surface area contributed by atoms with Crippen molar-refractivity contribution in [2.75, 3.05) is 6.54 Å². The summed E-state index contributed by atoms with van der Waals surface area (Å²) in [6.45, 7) is 5.68. The molecule has 0 aliphatic heterocycles. The van der Waals surface area contributed by atoms with Crippen molar-refractivity contribution in [3.05, 3.63) is 136 Å². The SMILES string of the molecule is CC(C)(C)OC(=O)NC/C=C/c1cn(C(c2ccccc2)(c2ccccc2)c2ccccc2)c(N=[N+]=[N-])n1. The topological polar surface area (TPSA) is 105 Å². The first-order valence-electron chi connectivity index (χ1n) is 12.3. The minimum Gasteiger partial charge on any atom is -0.444 e. The molecule has 0 saturated carbocycles. The van der Waals surface area contributed by atoms with Crippen molar-refractivity contribution in [1.29, 1.82) is 0 Å². The summed E-state index contributed by atoms with van der Waals surface area (Å²) in [5.41, 5.74) is 11.5. The van der Waals surface area contributed by atoms with Crippen molar-refractivity contribution in [3.63, 3.8) is 0 Å². The Hall–Kier alpha value is -4.81. The van der Waals surface area contributed by atoms with Gasteiger partial charge in [0, 0.05) is 17.7 Å². The Labute approximate surface area is 222 Å². The molecule has 0 fully saturated rings. The second-order valence-corrected chi connectivity index (χ2v) is 9.62. The third-order valence-electron chi connectivity index (χ3n) is 5.83. The normalized spacial score (nSPS) is 11.7. The van der Waals surface area contributed by atoms with Gasteiger partial charge in [-0.2, -0.15) is 0 Å². The Kier molecular flexibility index (Phi) is 7.94. The van der Waals surface area contributed by atoms with Crippen LogP contribution in [0, 0.1) is 0 Å². The maximum absolute atomic E-state index is 12.0. The van der Waals surface area contributed by atoms with Crippen LogP contribution in [0.25, 0.3) is 16.5 Å². The van der Waals surface area contributed by atoms with E-state index in [4.69, 9.17) is 4.74 Å². The molecule has 0 bridgehead atoms. The number of ether oxygens (including phenoxy) is 1. The lowest BCUT2D eigenvalue weighted by atomic mass is 9.76. The highest BCUT2D eigenvalue weighted by Crippen LogP contribution is 2.43. The van der Waals surface area contributed by atoms with Crippen LogP contribution in [0.5, 0.6) is 0 Å². The van der Waals surface area contributed by atoms with Crippen molar-refractivity contribution in [3.8, 4) is 0 Å². The molecular formula is C30H30N6O2. The molecule has 0 saturated heterocycles. The number of hydrogen-bond donors (Lipinski definition) is 1. The molecule has 3 aromatic carbocycles. The number of hydrogen-bond acceptors (Lipinski definition) is 4. The number of aromatic nitrogens is 2. The van der Waals surface area contributed by atoms with E-state index in [1.165, 1.54) is 0 Å². The van der Waals surface area contributed by atoms with Gasteiger partial charge < -0.3 is 14.6 Å². The lowest BCUT2D eigenvalue weighted by Gasteiger charge is -2.38. The van der Waals surface area contributed by atoms with Crippen molar-refractivity contribution < 1.29 is 9.53 Å². The number of benzene rings is 3. The first-order valence-corrected chi connectivity index (χ1v) is 12.3. The van der Waals surface area contributed by atoms with E-state index in [1.54, 1.807) is 12.2 Å². The molecule has 4 aromatic rings. The van der Waals surface area contributed by atoms with E-state index < -0.39 is 17.2 Å². The number of rotatable bonds is 8. The molecule has 1 heterocycles. The fraction of sp³-hybridized carbons (Fsp3) is 0.200. The Morgan fingerprint density at radius 1 is 0.947 bits per heavy atom. The minimum atomic E-state index is -0.874. The Morgan fingerprint density at radius 2 is 1.45 bits per heavy atom. The van der Waals surface area contributed by atoms with Gasteiger partial charge in [-0.15, -0.1) is 0 Å². The molecule has 0 spiro atoms. The summed E-state index contributed by atoms with van der Waals surface area (Å²) in [6, 6.07) is 30.2. The van der Waals surface area contributed by atoms with E-state index in [-0.39, 0.29) is 12.5 Å². The van der Waals surface area contributed by atoms with Gasteiger partial charge in [0.25, 0.3) is 0 Å². The van der Waals surface area contributed by atoms with Gasteiger partial charge in [0.15, 0.2) is 5.95 Å². The highest BCUT2D eigenvalue weighted by molar-refractivity contribution is 5.68. The van der Waals surface area contributed by atoms with Gasteiger partial charge in [0.05, 0.1) is 5.69 Å². The predicted octanol–water partition coefficient (Wildman–Crippen LogP) is 7.20. The predicted molar refractivity (Wildman–Crippen MR) is 149 cm³/mol. The van der Waals surface area contributed by atoms with E-state index >= 15 is 0 Å². The fourth-order valence-electron chi connectivity index (χ4n) is 4.42. The van der Waals surface area contributed by atoms with Gasteiger partial charge in [-0.1, -0.05) is 97.1 Å². The van der Waals surface area contributed by atoms with Gasteiger partial charge in [-0.3, -0.25) is 0 Å². The van der Waals surface area contributed by atoms with Gasteiger partial charge in [0.1, 0.15) is 11.1 Å². The third-order valence-corrected chi connectivity index (χ3v) is 5.83. The van der Waals surface area contributed by atoms with Crippen LogP contribution in [-0.4, -0.2) is 27.8 Å². The van der Waals surface area contributed by atoms with Gasteiger partial charge in [-0.25, -0.2) is 9.78 Å². The Balaban J connectivity index is 1.84. The van der Waals surface area contributed by atoms with E-state index in [1.807, 2.05) is 86.1 Å². The number of carbonyl (C=O) groups excluding carboxylic acids is 1. The van der Waals surface area contributed by atoms with Crippen LogP contribution in [-0.2, 0) is 10.3 Å². The quantitative estimate of drug-likeness (QED) is 0.118. The molecule has 1 N–H and O–H groups in total. The van der Waals surface area contributed by atoms with Gasteiger partial charge in [-0.05, 0) is 54.2 Å². The molecule has 8 nitrogen and oxygen atoms in total. The summed E-state index contributed by atoms with van der Waals surface area (Å²) in [5.74, 6) is 0.212. The maximum Gasteiger partial charge on any atom is 0.407 e. The van der Waals surface area contributed by atoms with E-state index in [0.717, 1.165) is 16.7 Å². The lowest BCUT2D eigenvalue weighted by molar-refractivity contribution is 0.0534. The molecule has 0 unspecified atom stereocenters. The van der Waals surface area contributed by atoms with E-state index in [0.29, 0.717) is 5.69 Å². The van der Waals surface area contributed by atoms with Crippen molar-refractivity contribution >= 4 is 18.1 Å². The van der Waals surface area contributed by atoms with Crippen LogP contribution in [0.3, 0.4) is 0 Å². The van der Waals surface area contributed by atoms with E-state index in [2.05, 4.69) is 56.7 Å². The first kappa shape index (κ1) is 26.3. The van der Waals surface area contributed by atoms with Gasteiger partial charge >= 0.3 is 6.09 Å². The number of azide groups is 1. The van der Waals surface area contributed by atoms with Crippen molar-refractivity contribution in [1.82, 2.24) is 14.9 Å². The molecular weight excluding hydrogens is 476 g/mol. The van der Waals surface area contributed by atoms with Gasteiger partial charge in [0.2, 0.25) is 0 Å². The van der Waals surface area contributed by atoms with Crippen molar-refractivity contribution in [2.24, 2.45) is 5.11 Å². The molecule has 4 rings (SSSR count).